The monoisotopic (exact) mass is 371 g/mol. The zero-order valence-electron chi connectivity index (χ0n) is 16.3. The predicted octanol–water partition coefficient (Wildman–Crippen LogP) is 2.12. The molecule has 1 N–H and O–H groups in total. The van der Waals surface area contributed by atoms with Crippen LogP contribution >= 0.6 is 0 Å². The topological polar surface area (TPSA) is 73.5 Å². The van der Waals surface area contributed by atoms with Gasteiger partial charge >= 0.3 is 0 Å². The number of aryl methyl sites for hydroxylation is 2. The summed E-state index contributed by atoms with van der Waals surface area (Å²) >= 11 is 0. The molecule has 0 aromatic carbocycles. The van der Waals surface area contributed by atoms with E-state index >= 15 is 0 Å². The predicted molar refractivity (Wildman–Crippen MR) is 103 cm³/mol. The summed E-state index contributed by atoms with van der Waals surface area (Å²) in [6.07, 6.45) is 6.48. The van der Waals surface area contributed by atoms with Crippen LogP contribution in [0.4, 0.5) is 0 Å². The largest absolute Gasteiger partial charge is 0.340 e. The molecule has 3 aliphatic rings. The van der Waals surface area contributed by atoms with Crippen molar-refractivity contribution in [2.75, 3.05) is 19.6 Å². The smallest absolute Gasteiger partial charge is 0.261 e. The van der Waals surface area contributed by atoms with Crippen molar-refractivity contribution in [3.63, 3.8) is 0 Å². The lowest BCUT2D eigenvalue weighted by Gasteiger charge is -2.41. The average molecular weight is 371 g/mol. The molecule has 2 amide bonds. The maximum Gasteiger partial charge on any atom is 0.261 e. The number of piperidine rings is 1. The highest BCUT2D eigenvalue weighted by molar-refractivity contribution is 5.95. The van der Waals surface area contributed by atoms with Crippen LogP contribution < -0.4 is 5.56 Å². The molecule has 6 heteroatoms. The highest BCUT2D eigenvalue weighted by atomic mass is 16.2. The van der Waals surface area contributed by atoms with Gasteiger partial charge in [0.05, 0.1) is 5.41 Å². The van der Waals surface area contributed by atoms with Gasteiger partial charge in [-0.3, -0.25) is 14.4 Å². The summed E-state index contributed by atoms with van der Waals surface area (Å²) in [5.41, 5.74) is 1.56. The molecule has 1 aromatic heterocycles. The second kappa shape index (κ2) is 6.80. The third kappa shape index (κ3) is 3.09. The van der Waals surface area contributed by atoms with E-state index in [2.05, 4.69) is 4.98 Å². The number of H-pyrrole nitrogens is 1. The Labute approximate surface area is 159 Å². The first-order valence-electron chi connectivity index (χ1n) is 10.3. The molecule has 0 radical (unpaired) electrons. The molecule has 0 unspecified atom stereocenters. The van der Waals surface area contributed by atoms with Crippen LogP contribution in [0, 0.1) is 5.41 Å². The highest BCUT2D eigenvalue weighted by Crippen LogP contribution is 2.41. The van der Waals surface area contributed by atoms with Crippen LogP contribution in [0.25, 0.3) is 0 Å². The van der Waals surface area contributed by atoms with Gasteiger partial charge in [-0.2, -0.15) is 0 Å². The molecular weight excluding hydrogens is 342 g/mol. The number of pyridine rings is 1. The molecule has 2 fully saturated rings. The lowest BCUT2D eigenvalue weighted by Crippen LogP contribution is -2.52. The second-order valence-electron chi connectivity index (χ2n) is 8.68. The molecule has 0 bridgehead atoms. The SMILES string of the molecule is CC(C)N1CCC[C@]2(CCN(C(=O)c3cc4c([nH]c3=O)CCCC4)C2)C1=O. The van der Waals surface area contributed by atoms with E-state index < -0.39 is 5.41 Å². The number of amides is 2. The fraction of sp³-hybridized carbons (Fsp3) is 0.667. The standard InChI is InChI=1S/C21H29N3O3/c1-14(2)24-10-5-8-21(20(24)27)9-11-23(13-21)19(26)16-12-15-6-3-4-7-17(15)22-18(16)25/h12,14H,3-11,13H2,1-2H3,(H,22,25)/t21-/m1/s1. The summed E-state index contributed by atoms with van der Waals surface area (Å²) < 4.78 is 0. The molecule has 3 heterocycles. The van der Waals surface area contributed by atoms with Crippen LogP contribution in [0.5, 0.6) is 0 Å². The van der Waals surface area contributed by atoms with E-state index in [1.54, 1.807) is 11.0 Å². The van der Waals surface area contributed by atoms with Crippen molar-refractivity contribution in [1.29, 1.82) is 0 Å². The van der Waals surface area contributed by atoms with Crippen LogP contribution in [0.15, 0.2) is 10.9 Å². The Morgan fingerprint density at radius 1 is 1.11 bits per heavy atom. The van der Waals surface area contributed by atoms with E-state index in [4.69, 9.17) is 0 Å². The normalized spacial score (nSPS) is 25.4. The number of nitrogens with zero attached hydrogens (tertiary/aromatic N) is 2. The van der Waals surface area contributed by atoms with Gasteiger partial charge in [0.1, 0.15) is 5.56 Å². The second-order valence-corrected chi connectivity index (χ2v) is 8.68. The first-order chi connectivity index (χ1) is 12.9. The van der Waals surface area contributed by atoms with Crippen molar-refractivity contribution >= 4 is 11.8 Å². The number of likely N-dealkylation sites (tertiary alicyclic amines) is 2. The van der Waals surface area contributed by atoms with Crippen LogP contribution in [0.2, 0.25) is 0 Å². The minimum absolute atomic E-state index is 0.179. The minimum atomic E-state index is -0.459. The van der Waals surface area contributed by atoms with Crippen molar-refractivity contribution in [2.24, 2.45) is 5.41 Å². The molecule has 1 aliphatic carbocycles. The fourth-order valence-corrected chi connectivity index (χ4v) is 5.02. The van der Waals surface area contributed by atoms with Gasteiger partial charge < -0.3 is 14.8 Å². The minimum Gasteiger partial charge on any atom is -0.340 e. The average Bonchev–Trinajstić information content (AvgIpc) is 3.08. The molecule has 146 valence electrons. The summed E-state index contributed by atoms with van der Waals surface area (Å²) in [7, 11) is 0. The van der Waals surface area contributed by atoms with E-state index in [-0.39, 0.29) is 29.0 Å². The first kappa shape index (κ1) is 18.3. The summed E-state index contributed by atoms with van der Waals surface area (Å²) in [6.45, 7) is 5.87. The quantitative estimate of drug-likeness (QED) is 0.865. The maximum atomic E-state index is 13.1. The van der Waals surface area contributed by atoms with E-state index in [0.29, 0.717) is 19.5 Å². The Hall–Kier alpha value is -2.11. The Balaban J connectivity index is 1.56. The van der Waals surface area contributed by atoms with Crippen molar-refractivity contribution in [1.82, 2.24) is 14.8 Å². The van der Waals surface area contributed by atoms with Gasteiger partial charge in [0.2, 0.25) is 5.91 Å². The van der Waals surface area contributed by atoms with Crippen molar-refractivity contribution in [2.45, 2.75) is 64.8 Å². The van der Waals surface area contributed by atoms with Crippen molar-refractivity contribution in [3.8, 4) is 0 Å². The third-order valence-electron chi connectivity index (χ3n) is 6.60. The Morgan fingerprint density at radius 2 is 1.89 bits per heavy atom. The third-order valence-corrected chi connectivity index (χ3v) is 6.60. The number of aromatic nitrogens is 1. The lowest BCUT2D eigenvalue weighted by molar-refractivity contribution is -0.147. The van der Waals surface area contributed by atoms with Gasteiger partial charge in [0, 0.05) is 31.4 Å². The Bertz CT molecular complexity index is 828. The summed E-state index contributed by atoms with van der Waals surface area (Å²) in [6, 6.07) is 1.98. The van der Waals surface area contributed by atoms with E-state index in [9.17, 15) is 14.4 Å². The van der Waals surface area contributed by atoms with Crippen LogP contribution in [-0.4, -0.2) is 52.3 Å². The zero-order valence-corrected chi connectivity index (χ0v) is 16.3. The highest BCUT2D eigenvalue weighted by Gasteiger charge is 2.50. The van der Waals surface area contributed by atoms with E-state index in [1.807, 2.05) is 18.7 Å². The molecule has 1 aromatic rings. The molecular formula is C21H29N3O3. The maximum absolute atomic E-state index is 13.1. The van der Waals surface area contributed by atoms with Gasteiger partial charge in [-0.25, -0.2) is 0 Å². The number of rotatable bonds is 2. The molecule has 27 heavy (non-hydrogen) atoms. The van der Waals surface area contributed by atoms with E-state index in [0.717, 1.165) is 56.3 Å². The van der Waals surface area contributed by atoms with Crippen LogP contribution in [-0.2, 0) is 17.6 Å². The number of aromatic amines is 1. The number of carbonyl (C=O) groups excluding carboxylic acids is 2. The zero-order chi connectivity index (χ0) is 19.2. The number of nitrogens with one attached hydrogen (secondary N) is 1. The molecule has 1 atom stereocenters. The molecule has 2 saturated heterocycles. The van der Waals surface area contributed by atoms with Gasteiger partial charge in [-0.1, -0.05) is 0 Å². The molecule has 6 nitrogen and oxygen atoms in total. The van der Waals surface area contributed by atoms with E-state index in [1.165, 1.54) is 0 Å². The number of carbonyl (C=O) groups is 2. The summed E-state index contributed by atoms with van der Waals surface area (Å²) in [5.74, 6) is -0.0469. The van der Waals surface area contributed by atoms with Crippen LogP contribution in [0.1, 0.15) is 67.6 Å². The number of hydrogen-bond donors (Lipinski definition) is 1. The van der Waals surface area contributed by atoms with Crippen molar-refractivity contribution in [3.05, 3.63) is 33.2 Å². The summed E-state index contributed by atoms with van der Waals surface area (Å²) in [5, 5.41) is 0. The van der Waals surface area contributed by atoms with Crippen molar-refractivity contribution < 1.29 is 9.59 Å². The van der Waals surface area contributed by atoms with Gasteiger partial charge in [-0.15, -0.1) is 0 Å². The molecule has 0 saturated carbocycles. The molecule has 4 rings (SSSR count). The first-order valence-corrected chi connectivity index (χ1v) is 10.3. The number of fused-ring (bicyclic) bond motifs is 1. The fourth-order valence-electron chi connectivity index (χ4n) is 5.02. The number of hydrogen-bond acceptors (Lipinski definition) is 3. The van der Waals surface area contributed by atoms with Gasteiger partial charge in [0.25, 0.3) is 11.5 Å². The molecule has 1 spiro atoms. The van der Waals surface area contributed by atoms with Crippen LogP contribution in [0.3, 0.4) is 0 Å². The van der Waals surface area contributed by atoms with Gasteiger partial charge in [0.15, 0.2) is 0 Å². The lowest BCUT2D eigenvalue weighted by atomic mass is 9.78. The Kier molecular flexibility index (Phi) is 4.60. The molecule has 2 aliphatic heterocycles. The summed E-state index contributed by atoms with van der Waals surface area (Å²) in [4.78, 5) is 45.2. The van der Waals surface area contributed by atoms with Gasteiger partial charge in [-0.05, 0) is 70.4 Å². The Morgan fingerprint density at radius 3 is 2.67 bits per heavy atom.